The normalized spacial score (nSPS) is 14.7. The second kappa shape index (κ2) is 16.9. The zero-order valence-electron chi connectivity index (χ0n) is 20.6. The van der Waals surface area contributed by atoms with Gasteiger partial charge in [0.05, 0.1) is 49.7 Å². The molecule has 1 aliphatic heterocycles. The summed E-state index contributed by atoms with van der Waals surface area (Å²) in [6, 6.07) is 7.05. The molecule has 2 rings (SSSR count). The van der Waals surface area contributed by atoms with Crippen molar-refractivity contribution in [2.75, 3.05) is 33.5 Å². The highest BCUT2D eigenvalue weighted by molar-refractivity contribution is 6.31. The van der Waals surface area contributed by atoms with Crippen molar-refractivity contribution in [2.45, 2.75) is 19.8 Å². The molecule has 1 unspecified atom stereocenters. The molecule has 0 bridgehead atoms. The molecule has 1 heterocycles. The van der Waals surface area contributed by atoms with Crippen LogP contribution >= 0.6 is 11.6 Å². The molecular formula is C24H31ClN2O10. The summed E-state index contributed by atoms with van der Waals surface area (Å²) in [7, 11) is 1.29. The maximum Gasteiger partial charge on any atom is 0.336 e. The van der Waals surface area contributed by atoms with E-state index in [-0.39, 0.29) is 24.3 Å². The third kappa shape index (κ3) is 10.1. The molecule has 1 aromatic rings. The molecule has 37 heavy (non-hydrogen) atoms. The predicted molar refractivity (Wildman–Crippen MR) is 134 cm³/mol. The summed E-state index contributed by atoms with van der Waals surface area (Å²) >= 11 is 6.42. The molecule has 204 valence electrons. The zero-order chi connectivity index (χ0) is 27.3. The van der Waals surface area contributed by atoms with Gasteiger partial charge in [-0.05, 0) is 25.5 Å². The van der Waals surface area contributed by atoms with Crippen molar-refractivity contribution in [1.82, 2.24) is 5.32 Å². The number of nitrogens with two attached hydrogens (primary N) is 1. The summed E-state index contributed by atoms with van der Waals surface area (Å²) in [5.41, 5.74) is 7.70. The molecule has 0 saturated carbocycles. The highest BCUT2D eigenvalue weighted by atomic mass is 35.5. The van der Waals surface area contributed by atoms with Gasteiger partial charge in [0.25, 0.3) is 0 Å². The van der Waals surface area contributed by atoms with E-state index in [4.69, 9.17) is 41.8 Å². The molecule has 0 spiro atoms. The van der Waals surface area contributed by atoms with Gasteiger partial charge in [0.15, 0.2) is 0 Å². The Balaban J connectivity index is 0.00000125. The number of allylic oxidation sites excluding steroid dienone is 1. The molecule has 0 radical (unpaired) electrons. The number of halogens is 1. The van der Waals surface area contributed by atoms with Gasteiger partial charge in [-0.1, -0.05) is 29.8 Å². The molecule has 7 N–H and O–H groups in total. The number of carboxylic acid groups (broad SMARTS) is 2. The number of methoxy groups -OCH3 is 1. The lowest BCUT2D eigenvalue weighted by atomic mass is 9.80. The Morgan fingerprint density at radius 3 is 2.16 bits per heavy atom. The number of esters is 2. The van der Waals surface area contributed by atoms with E-state index < -0.39 is 29.8 Å². The fourth-order valence-corrected chi connectivity index (χ4v) is 3.51. The molecule has 0 saturated heterocycles. The smallest absolute Gasteiger partial charge is 0.336 e. The van der Waals surface area contributed by atoms with Crippen LogP contribution in [0.25, 0.3) is 0 Å². The topological polar surface area (TPSA) is 206 Å². The standard InChI is InChI=1S/C20H25ClN2O5.C4H4O4.H2O/c1-4-28-20(25)18-15(11-27-10-9-22)23-12(2)16(19(24)26-3)17(18)13-7-5-6-8-14(13)21;5-3(6)1-2-4(7)8;/h5-8,17,23H,4,9-11,22H2,1-3H3;1-2H,(H,5,6)(H,7,8);1H2/b;2-1-;. The van der Waals surface area contributed by atoms with Crippen LogP contribution in [0.1, 0.15) is 25.3 Å². The minimum atomic E-state index is -1.26. The van der Waals surface area contributed by atoms with E-state index >= 15 is 0 Å². The first kappa shape index (κ1) is 33.3. The van der Waals surface area contributed by atoms with Gasteiger partial charge >= 0.3 is 23.9 Å². The zero-order valence-corrected chi connectivity index (χ0v) is 21.3. The Morgan fingerprint density at radius 1 is 1.08 bits per heavy atom. The first-order valence-electron chi connectivity index (χ1n) is 10.7. The lowest BCUT2D eigenvalue weighted by Gasteiger charge is -2.31. The average Bonchev–Trinajstić information content (AvgIpc) is 2.83. The lowest BCUT2D eigenvalue weighted by molar-refractivity contribution is -0.139. The Bertz CT molecular complexity index is 1050. The first-order chi connectivity index (χ1) is 17.1. The summed E-state index contributed by atoms with van der Waals surface area (Å²) < 4.78 is 15.8. The highest BCUT2D eigenvalue weighted by Crippen LogP contribution is 2.41. The van der Waals surface area contributed by atoms with Crippen molar-refractivity contribution in [3.63, 3.8) is 0 Å². The fourth-order valence-electron chi connectivity index (χ4n) is 3.26. The summed E-state index contributed by atoms with van der Waals surface area (Å²) in [5.74, 6) is -4.38. The number of carbonyl (C=O) groups is 4. The molecule has 0 aromatic heterocycles. The quantitative estimate of drug-likeness (QED) is 0.187. The number of benzene rings is 1. The lowest BCUT2D eigenvalue weighted by Crippen LogP contribution is -2.35. The van der Waals surface area contributed by atoms with Gasteiger partial charge in [-0.15, -0.1) is 0 Å². The van der Waals surface area contributed by atoms with Crippen LogP contribution in [0.3, 0.4) is 0 Å². The van der Waals surface area contributed by atoms with E-state index in [0.29, 0.717) is 52.9 Å². The van der Waals surface area contributed by atoms with Crippen LogP contribution in [0.5, 0.6) is 0 Å². The maximum absolute atomic E-state index is 12.9. The molecule has 0 aliphatic carbocycles. The second-order valence-electron chi connectivity index (χ2n) is 7.07. The monoisotopic (exact) mass is 542 g/mol. The number of carboxylic acids is 2. The second-order valence-corrected chi connectivity index (χ2v) is 7.48. The fraction of sp³-hybridized carbons (Fsp3) is 0.333. The van der Waals surface area contributed by atoms with E-state index in [1.54, 1.807) is 38.1 Å². The number of hydrogen-bond acceptors (Lipinski definition) is 9. The molecule has 13 heteroatoms. The van der Waals surface area contributed by atoms with Crippen LogP contribution in [0.2, 0.25) is 5.02 Å². The third-order valence-electron chi connectivity index (χ3n) is 4.64. The van der Waals surface area contributed by atoms with Crippen molar-refractivity contribution < 1.29 is 49.1 Å². The molecule has 12 nitrogen and oxygen atoms in total. The SMILES string of the molecule is CCOC(=O)C1=C(COCCN)NC(C)=C(C(=O)OC)C1c1ccccc1Cl.O.O=C(O)/C=C\C(=O)O. The van der Waals surface area contributed by atoms with Crippen molar-refractivity contribution in [3.8, 4) is 0 Å². The van der Waals surface area contributed by atoms with Crippen LogP contribution in [-0.4, -0.2) is 73.0 Å². The Kier molecular flexibility index (Phi) is 15.2. The highest BCUT2D eigenvalue weighted by Gasteiger charge is 2.39. The van der Waals surface area contributed by atoms with Crippen molar-refractivity contribution in [1.29, 1.82) is 0 Å². The molecular weight excluding hydrogens is 512 g/mol. The largest absolute Gasteiger partial charge is 0.478 e. The molecule has 0 amide bonds. The number of ether oxygens (including phenoxy) is 3. The van der Waals surface area contributed by atoms with E-state index in [2.05, 4.69) is 5.32 Å². The van der Waals surface area contributed by atoms with Crippen LogP contribution in [0.4, 0.5) is 0 Å². The summed E-state index contributed by atoms with van der Waals surface area (Å²) in [6.45, 7) is 4.42. The van der Waals surface area contributed by atoms with Crippen LogP contribution < -0.4 is 11.1 Å². The third-order valence-corrected chi connectivity index (χ3v) is 4.98. The van der Waals surface area contributed by atoms with E-state index in [0.717, 1.165) is 0 Å². The van der Waals surface area contributed by atoms with Gasteiger partial charge in [0, 0.05) is 29.4 Å². The number of rotatable bonds is 10. The minimum Gasteiger partial charge on any atom is -0.478 e. The van der Waals surface area contributed by atoms with E-state index in [9.17, 15) is 19.2 Å². The van der Waals surface area contributed by atoms with E-state index in [1.807, 2.05) is 0 Å². The van der Waals surface area contributed by atoms with Crippen molar-refractivity contribution >= 4 is 35.5 Å². The maximum atomic E-state index is 12.9. The Morgan fingerprint density at radius 2 is 1.68 bits per heavy atom. The van der Waals surface area contributed by atoms with Crippen LogP contribution in [0, 0.1) is 0 Å². The van der Waals surface area contributed by atoms with Crippen molar-refractivity contribution in [3.05, 3.63) is 69.5 Å². The molecule has 1 atom stereocenters. The number of hydrogen-bond donors (Lipinski definition) is 4. The predicted octanol–water partition coefficient (Wildman–Crippen LogP) is 1.15. The van der Waals surface area contributed by atoms with Gasteiger partial charge in [-0.25, -0.2) is 19.2 Å². The Hall–Kier alpha value is -3.71. The Labute approximate surface area is 218 Å². The van der Waals surface area contributed by atoms with Gasteiger partial charge in [0.1, 0.15) is 0 Å². The first-order valence-corrected chi connectivity index (χ1v) is 11.1. The number of dihydropyridines is 1. The van der Waals surface area contributed by atoms with Crippen LogP contribution in [-0.2, 0) is 33.4 Å². The summed E-state index contributed by atoms with van der Waals surface area (Å²) in [6.07, 6.45) is 1.12. The van der Waals surface area contributed by atoms with Gasteiger partial charge in [0.2, 0.25) is 0 Å². The summed E-state index contributed by atoms with van der Waals surface area (Å²) in [4.78, 5) is 44.6. The number of carbonyl (C=O) groups excluding carboxylic acids is 2. The van der Waals surface area contributed by atoms with E-state index in [1.165, 1.54) is 7.11 Å². The molecule has 0 fully saturated rings. The van der Waals surface area contributed by atoms with Crippen LogP contribution in [0.15, 0.2) is 59.0 Å². The summed E-state index contributed by atoms with van der Waals surface area (Å²) in [5, 5.41) is 19.1. The van der Waals surface area contributed by atoms with Gasteiger partial charge in [-0.3, -0.25) is 0 Å². The van der Waals surface area contributed by atoms with Crippen molar-refractivity contribution in [2.24, 2.45) is 5.73 Å². The van der Waals surface area contributed by atoms with Gasteiger partial charge < -0.3 is 41.0 Å². The minimum absolute atomic E-state index is 0. The van der Waals surface area contributed by atoms with Gasteiger partial charge in [-0.2, -0.15) is 0 Å². The molecule has 1 aromatic carbocycles. The average molecular weight is 543 g/mol. The number of aliphatic carboxylic acids is 2. The number of nitrogens with one attached hydrogen (secondary N) is 1. The molecule has 1 aliphatic rings.